The summed E-state index contributed by atoms with van der Waals surface area (Å²) in [7, 11) is 0. The maximum absolute atomic E-state index is 4.41. The number of nitrogens with zero attached hydrogens (tertiary/aromatic N) is 3. The van der Waals surface area contributed by atoms with Crippen LogP contribution >= 0.6 is 0 Å². The van der Waals surface area contributed by atoms with Crippen LogP contribution in [0.25, 0.3) is 5.69 Å². The Morgan fingerprint density at radius 2 is 2.00 bits per heavy atom. The van der Waals surface area contributed by atoms with Gasteiger partial charge < -0.3 is 9.88 Å². The van der Waals surface area contributed by atoms with E-state index >= 15 is 0 Å². The Bertz CT molecular complexity index is 557. The highest BCUT2D eigenvalue weighted by molar-refractivity contribution is 5.42. The van der Waals surface area contributed by atoms with E-state index in [0.717, 1.165) is 30.9 Å². The van der Waals surface area contributed by atoms with E-state index in [1.165, 1.54) is 16.9 Å². The maximum atomic E-state index is 4.41. The zero-order valence-corrected chi connectivity index (χ0v) is 12.2. The van der Waals surface area contributed by atoms with Gasteiger partial charge in [-0.25, -0.2) is 4.98 Å². The summed E-state index contributed by atoms with van der Waals surface area (Å²) in [6, 6.07) is 2.12. The lowest BCUT2D eigenvalue weighted by atomic mass is 10.2. The van der Waals surface area contributed by atoms with E-state index in [0.29, 0.717) is 0 Å². The van der Waals surface area contributed by atoms with Gasteiger partial charge in [-0.3, -0.25) is 4.98 Å². The molecule has 2 aromatic heterocycles. The molecule has 0 saturated heterocycles. The summed E-state index contributed by atoms with van der Waals surface area (Å²) in [5.74, 6) is 0. The van der Waals surface area contributed by atoms with E-state index in [1.54, 1.807) is 0 Å². The largest absolute Gasteiger partial charge is 0.313 e. The summed E-state index contributed by atoms with van der Waals surface area (Å²) in [5, 5.41) is 3.43. The predicted octanol–water partition coefficient (Wildman–Crippen LogP) is 2.69. The molecular weight excluding hydrogens is 236 g/mol. The van der Waals surface area contributed by atoms with Gasteiger partial charge in [-0.2, -0.15) is 0 Å². The van der Waals surface area contributed by atoms with Gasteiger partial charge in [-0.1, -0.05) is 6.92 Å². The van der Waals surface area contributed by atoms with Crippen LogP contribution in [0.2, 0.25) is 0 Å². The van der Waals surface area contributed by atoms with Crippen molar-refractivity contribution in [2.75, 3.05) is 6.54 Å². The summed E-state index contributed by atoms with van der Waals surface area (Å²) < 4.78 is 2.15. The molecule has 1 N–H and O–H groups in total. The van der Waals surface area contributed by atoms with E-state index in [9.17, 15) is 0 Å². The lowest BCUT2D eigenvalue weighted by Crippen LogP contribution is -2.16. The first kappa shape index (κ1) is 13.7. The fourth-order valence-corrected chi connectivity index (χ4v) is 2.08. The first-order valence-electron chi connectivity index (χ1n) is 6.80. The highest BCUT2D eigenvalue weighted by atomic mass is 15.1. The van der Waals surface area contributed by atoms with Crippen LogP contribution in [0.15, 0.2) is 18.6 Å². The summed E-state index contributed by atoms with van der Waals surface area (Å²) in [4.78, 5) is 8.79. The summed E-state index contributed by atoms with van der Waals surface area (Å²) in [6.45, 7) is 10.2. The quantitative estimate of drug-likeness (QED) is 0.838. The van der Waals surface area contributed by atoms with E-state index in [4.69, 9.17) is 0 Å². The Morgan fingerprint density at radius 1 is 1.21 bits per heavy atom. The standard InChI is InChI=1S/C15H22N4/c1-5-6-16-8-14-9-17-11(2)7-15(14)19-10-18-12(3)13(19)4/h7,9-10,16H,5-6,8H2,1-4H3. The highest BCUT2D eigenvalue weighted by Gasteiger charge is 2.09. The van der Waals surface area contributed by atoms with Gasteiger partial charge in [0.25, 0.3) is 0 Å². The lowest BCUT2D eigenvalue weighted by molar-refractivity contribution is 0.670. The molecule has 102 valence electrons. The van der Waals surface area contributed by atoms with Gasteiger partial charge in [-0.15, -0.1) is 0 Å². The zero-order valence-electron chi connectivity index (χ0n) is 12.2. The smallest absolute Gasteiger partial charge is 0.0997 e. The number of nitrogens with one attached hydrogen (secondary N) is 1. The number of hydrogen-bond acceptors (Lipinski definition) is 3. The molecule has 0 radical (unpaired) electrons. The van der Waals surface area contributed by atoms with Crippen molar-refractivity contribution in [3.8, 4) is 5.69 Å². The number of aromatic nitrogens is 3. The van der Waals surface area contributed by atoms with Crippen molar-refractivity contribution < 1.29 is 0 Å². The highest BCUT2D eigenvalue weighted by Crippen LogP contribution is 2.18. The third-order valence-corrected chi connectivity index (χ3v) is 3.35. The number of imidazole rings is 1. The number of pyridine rings is 1. The molecule has 0 aliphatic heterocycles. The van der Waals surface area contributed by atoms with Crippen molar-refractivity contribution in [2.45, 2.75) is 40.7 Å². The minimum absolute atomic E-state index is 0.840. The lowest BCUT2D eigenvalue weighted by Gasteiger charge is -2.13. The van der Waals surface area contributed by atoms with Crippen LogP contribution in [0.1, 0.15) is 36.0 Å². The van der Waals surface area contributed by atoms with Crippen molar-refractivity contribution in [2.24, 2.45) is 0 Å². The minimum Gasteiger partial charge on any atom is -0.313 e. The average Bonchev–Trinajstić information content (AvgIpc) is 2.72. The molecule has 0 amide bonds. The Balaban J connectivity index is 2.37. The van der Waals surface area contributed by atoms with Crippen LogP contribution in [0, 0.1) is 20.8 Å². The Labute approximate surface area is 114 Å². The molecule has 0 aliphatic carbocycles. The molecule has 19 heavy (non-hydrogen) atoms. The first-order chi connectivity index (χ1) is 9.13. The molecule has 0 atom stereocenters. The number of rotatable bonds is 5. The fourth-order valence-electron chi connectivity index (χ4n) is 2.08. The van der Waals surface area contributed by atoms with Crippen molar-refractivity contribution in [3.05, 3.63) is 41.2 Å². The minimum atomic E-state index is 0.840. The van der Waals surface area contributed by atoms with Crippen LogP contribution in [-0.2, 0) is 6.54 Å². The van der Waals surface area contributed by atoms with Crippen molar-refractivity contribution in [3.63, 3.8) is 0 Å². The summed E-state index contributed by atoms with van der Waals surface area (Å²) >= 11 is 0. The summed E-state index contributed by atoms with van der Waals surface area (Å²) in [5.41, 5.74) is 5.66. The molecule has 0 aromatic carbocycles. The zero-order chi connectivity index (χ0) is 13.8. The van der Waals surface area contributed by atoms with E-state index in [2.05, 4.69) is 39.8 Å². The number of aryl methyl sites for hydroxylation is 2. The Morgan fingerprint density at radius 3 is 2.63 bits per heavy atom. The first-order valence-corrected chi connectivity index (χ1v) is 6.80. The molecule has 0 fully saturated rings. The SMILES string of the molecule is CCCNCc1cnc(C)cc1-n1cnc(C)c1C. The van der Waals surface area contributed by atoms with Gasteiger partial charge in [0.2, 0.25) is 0 Å². The monoisotopic (exact) mass is 258 g/mol. The van der Waals surface area contributed by atoms with Crippen molar-refractivity contribution in [1.82, 2.24) is 19.9 Å². The normalized spacial score (nSPS) is 10.9. The molecule has 4 nitrogen and oxygen atoms in total. The molecule has 2 heterocycles. The van der Waals surface area contributed by atoms with Crippen LogP contribution in [0.3, 0.4) is 0 Å². The third kappa shape index (κ3) is 3.01. The Kier molecular flexibility index (Phi) is 4.32. The van der Waals surface area contributed by atoms with Gasteiger partial charge in [0.05, 0.1) is 17.7 Å². The van der Waals surface area contributed by atoms with Gasteiger partial charge in [0.15, 0.2) is 0 Å². The van der Waals surface area contributed by atoms with Gasteiger partial charge in [0.1, 0.15) is 0 Å². The van der Waals surface area contributed by atoms with E-state index in [1.807, 2.05) is 26.4 Å². The maximum Gasteiger partial charge on any atom is 0.0997 e. The van der Waals surface area contributed by atoms with Gasteiger partial charge in [-0.05, 0) is 39.8 Å². The third-order valence-electron chi connectivity index (χ3n) is 3.35. The van der Waals surface area contributed by atoms with Gasteiger partial charge >= 0.3 is 0 Å². The van der Waals surface area contributed by atoms with Crippen LogP contribution in [0.5, 0.6) is 0 Å². The van der Waals surface area contributed by atoms with E-state index < -0.39 is 0 Å². The topological polar surface area (TPSA) is 42.7 Å². The second-order valence-electron chi connectivity index (χ2n) is 4.92. The molecule has 4 heteroatoms. The van der Waals surface area contributed by atoms with E-state index in [-0.39, 0.29) is 0 Å². The average molecular weight is 258 g/mol. The van der Waals surface area contributed by atoms with Gasteiger partial charge in [0, 0.05) is 29.7 Å². The molecule has 2 rings (SSSR count). The molecule has 0 bridgehead atoms. The predicted molar refractivity (Wildman–Crippen MR) is 77.6 cm³/mol. The molecule has 0 aliphatic rings. The molecule has 0 unspecified atom stereocenters. The second kappa shape index (κ2) is 5.97. The van der Waals surface area contributed by atoms with Crippen molar-refractivity contribution in [1.29, 1.82) is 0 Å². The van der Waals surface area contributed by atoms with Crippen molar-refractivity contribution >= 4 is 0 Å². The number of hydrogen-bond donors (Lipinski definition) is 1. The molecular formula is C15H22N4. The second-order valence-corrected chi connectivity index (χ2v) is 4.92. The molecule has 0 saturated carbocycles. The van der Waals surface area contributed by atoms with Crippen LogP contribution < -0.4 is 5.32 Å². The Hall–Kier alpha value is -1.68. The summed E-state index contributed by atoms with van der Waals surface area (Å²) in [6.07, 6.45) is 4.99. The molecule has 0 spiro atoms. The fraction of sp³-hybridized carbons (Fsp3) is 0.467. The van der Waals surface area contributed by atoms with Crippen LogP contribution in [0.4, 0.5) is 0 Å². The van der Waals surface area contributed by atoms with Crippen LogP contribution in [-0.4, -0.2) is 21.1 Å². The molecule has 2 aromatic rings.